The molecule has 0 fully saturated rings. The summed E-state index contributed by atoms with van der Waals surface area (Å²) in [5.74, 6) is -1.84. The molecule has 0 spiro atoms. The minimum absolute atomic E-state index is 0.00329. The van der Waals surface area contributed by atoms with Gasteiger partial charge in [-0.1, -0.05) is 47.5 Å². The molecular weight excluding hydrogens is 647 g/mol. The molecule has 6 rings (SSSR count). The molecular formula is C32H34Cl2N8O5. The molecule has 4 heterocycles. The summed E-state index contributed by atoms with van der Waals surface area (Å²) in [6.07, 6.45) is 3.33. The van der Waals surface area contributed by atoms with Crippen LogP contribution in [0.25, 0.3) is 11.1 Å². The summed E-state index contributed by atoms with van der Waals surface area (Å²) in [7, 11) is 0. The Morgan fingerprint density at radius 3 is 1.74 bits per heavy atom. The number of aliphatic hydroxyl groups is 1. The molecule has 6 N–H and O–H groups in total. The summed E-state index contributed by atoms with van der Waals surface area (Å²) >= 11 is 13.6. The molecule has 0 aliphatic carbocycles. The third-order valence-corrected chi connectivity index (χ3v) is 9.13. The van der Waals surface area contributed by atoms with Gasteiger partial charge in [-0.05, 0) is 49.9 Å². The molecule has 0 bridgehead atoms. The van der Waals surface area contributed by atoms with Crippen molar-refractivity contribution in [2.45, 2.75) is 50.9 Å². The summed E-state index contributed by atoms with van der Waals surface area (Å²) in [5.41, 5.74) is 3.90. The molecule has 2 amide bonds. The molecule has 2 aliphatic rings. The van der Waals surface area contributed by atoms with Crippen molar-refractivity contribution in [2.24, 2.45) is 0 Å². The lowest BCUT2D eigenvalue weighted by Gasteiger charge is -2.24. The quantitative estimate of drug-likeness (QED) is 0.133. The van der Waals surface area contributed by atoms with Crippen LogP contribution in [0.1, 0.15) is 70.1 Å². The lowest BCUT2D eigenvalue weighted by atomic mass is 10.0. The number of aliphatic carboxylic acids is 1. The summed E-state index contributed by atoms with van der Waals surface area (Å²) in [4.78, 5) is 37.6. The number of aromatic nitrogens is 4. The Morgan fingerprint density at radius 2 is 1.28 bits per heavy atom. The number of nitrogens with one attached hydrogen (secondary N) is 4. The molecule has 0 saturated heterocycles. The largest absolute Gasteiger partial charge is 0.480 e. The highest BCUT2D eigenvalue weighted by Crippen LogP contribution is 2.40. The van der Waals surface area contributed by atoms with Gasteiger partial charge in [0.1, 0.15) is 0 Å². The average molecular weight is 682 g/mol. The maximum Gasteiger partial charge on any atom is 0.317 e. The number of carbonyl (C=O) groups is 3. The fourth-order valence-corrected chi connectivity index (χ4v) is 6.65. The number of hydrogen-bond donors (Lipinski definition) is 6. The van der Waals surface area contributed by atoms with Crippen LogP contribution in [-0.2, 0) is 17.9 Å². The molecule has 0 unspecified atom stereocenters. The molecule has 13 nitrogen and oxygen atoms in total. The summed E-state index contributed by atoms with van der Waals surface area (Å²) < 4.78 is 3.54. The predicted octanol–water partition coefficient (Wildman–Crippen LogP) is 4.48. The number of carboxylic acid groups (broad SMARTS) is 1. The second-order valence-corrected chi connectivity index (χ2v) is 12.2. The first-order valence-corrected chi connectivity index (χ1v) is 16.1. The van der Waals surface area contributed by atoms with Crippen molar-refractivity contribution in [2.75, 3.05) is 30.3 Å². The van der Waals surface area contributed by atoms with Crippen LogP contribution >= 0.6 is 23.2 Å². The molecule has 4 aromatic rings. The van der Waals surface area contributed by atoms with E-state index < -0.39 is 17.8 Å². The van der Waals surface area contributed by atoms with Crippen LogP contribution in [0.5, 0.6) is 0 Å². The van der Waals surface area contributed by atoms with Crippen molar-refractivity contribution in [3.8, 4) is 11.1 Å². The van der Waals surface area contributed by atoms with E-state index in [0.717, 1.165) is 37.1 Å². The van der Waals surface area contributed by atoms with E-state index in [1.807, 2.05) is 4.68 Å². The van der Waals surface area contributed by atoms with E-state index in [2.05, 4.69) is 31.5 Å². The van der Waals surface area contributed by atoms with Gasteiger partial charge >= 0.3 is 5.97 Å². The number of fused-ring (bicyclic) bond motifs is 2. The van der Waals surface area contributed by atoms with Crippen molar-refractivity contribution in [3.05, 3.63) is 81.4 Å². The monoisotopic (exact) mass is 680 g/mol. The highest BCUT2D eigenvalue weighted by atomic mass is 35.5. The Hall–Kier alpha value is -4.27. The van der Waals surface area contributed by atoms with Crippen molar-refractivity contribution < 1.29 is 24.6 Å². The van der Waals surface area contributed by atoms with Gasteiger partial charge in [0.05, 0.1) is 46.0 Å². The third kappa shape index (κ3) is 7.04. The highest BCUT2D eigenvalue weighted by Gasteiger charge is 2.27. The van der Waals surface area contributed by atoms with Crippen LogP contribution < -0.4 is 21.3 Å². The Morgan fingerprint density at radius 1 is 0.787 bits per heavy atom. The Labute approximate surface area is 280 Å². The molecule has 0 saturated carbocycles. The number of carbonyl (C=O) groups excluding carboxylic acids is 2. The van der Waals surface area contributed by atoms with Gasteiger partial charge in [-0.2, -0.15) is 10.2 Å². The topological polar surface area (TPSA) is 175 Å². The van der Waals surface area contributed by atoms with E-state index in [1.54, 1.807) is 53.2 Å². The number of benzene rings is 2. The Bertz CT molecular complexity index is 1820. The molecule has 0 radical (unpaired) electrons. The van der Waals surface area contributed by atoms with E-state index in [4.69, 9.17) is 28.3 Å². The number of aryl methyl sites for hydroxylation is 2. The highest BCUT2D eigenvalue weighted by molar-refractivity contribution is 6.40. The maximum absolute atomic E-state index is 13.3. The van der Waals surface area contributed by atoms with Gasteiger partial charge in [0.25, 0.3) is 11.8 Å². The van der Waals surface area contributed by atoms with Gasteiger partial charge < -0.3 is 26.2 Å². The van der Waals surface area contributed by atoms with Crippen LogP contribution in [0.3, 0.4) is 0 Å². The van der Waals surface area contributed by atoms with Crippen LogP contribution in [0.2, 0.25) is 10.0 Å². The molecule has 2 aromatic carbocycles. The van der Waals surface area contributed by atoms with E-state index in [-0.39, 0.29) is 46.7 Å². The molecule has 246 valence electrons. The van der Waals surface area contributed by atoms with Gasteiger partial charge in [-0.3, -0.25) is 29.1 Å². The zero-order chi connectivity index (χ0) is 33.1. The number of anilines is 2. The van der Waals surface area contributed by atoms with Gasteiger partial charge in [-0.15, -0.1) is 0 Å². The summed E-state index contributed by atoms with van der Waals surface area (Å²) in [6.45, 7) is 1.61. The first-order chi connectivity index (χ1) is 22.7. The van der Waals surface area contributed by atoms with Gasteiger partial charge in [0, 0.05) is 42.8 Å². The van der Waals surface area contributed by atoms with Gasteiger partial charge in [0.2, 0.25) is 0 Å². The van der Waals surface area contributed by atoms with Crippen molar-refractivity contribution in [1.29, 1.82) is 0 Å². The maximum atomic E-state index is 13.3. The van der Waals surface area contributed by atoms with E-state index in [9.17, 15) is 19.5 Å². The number of nitrogens with zero attached hydrogens (tertiary/aromatic N) is 4. The number of halogens is 2. The lowest BCUT2D eigenvalue weighted by molar-refractivity contribution is -0.136. The number of rotatable bonds is 11. The summed E-state index contributed by atoms with van der Waals surface area (Å²) in [5, 5.41) is 39.7. The zero-order valence-corrected chi connectivity index (χ0v) is 26.8. The lowest BCUT2D eigenvalue weighted by Crippen LogP contribution is -2.31. The number of carboxylic acids is 1. The number of hydrogen-bond acceptors (Lipinski definition) is 8. The average Bonchev–Trinajstić information content (AvgIpc) is 3.71. The predicted molar refractivity (Wildman–Crippen MR) is 177 cm³/mol. The normalized spacial score (nSPS) is 17.1. The molecule has 2 aromatic heterocycles. The fraction of sp³-hybridized carbons (Fsp3) is 0.344. The Balaban J connectivity index is 1.19. The van der Waals surface area contributed by atoms with Gasteiger partial charge in [0.15, 0.2) is 11.4 Å². The van der Waals surface area contributed by atoms with Gasteiger partial charge in [-0.25, -0.2) is 0 Å². The minimum atomic E-state index is -0.958. The zero-order valence-electron chi connectivity index (χ0n) is 25.3. The number of aliphatic hydroxyl groups excluding tert-OH is 1. The third-order valence-electron chi connectivity index (χ3n) is 8.31. The first kappa shape index (κ1) is 32.7. The van der Waals surface area contributed by atoms with Crippen LogP contribution in [0.15, 0.2) is 48.5 Å². The minimum Gasteiger partial charge on any atom is -0.480 e. The van der Waals surface area contributed by atoms with Crippen LogP contribution in [0, 0.1) is 0 Å². The smallest absolute Gasteiger partial charge is 0.317 e. The fourth-order valence-electron chi connectivity index (χ4n) is 6.10. The van der Waals surface area contributed by atoms with Crippen molar-refractivity contribution in [3.63, 3.8) is 0 Å². The van der Waals surface area contributed by atoms with Crippen molar-refractivity contribution >= 4 is 52.4 Å². The van der Waals surface area contributed by atoms with Crippen LogP contribution in [0.4, 0.5) is 11.4 Å². The Kier molecular flexibility index (Phi) is 9.89. The van der Waals surface area contributed by atoms with E-state index in [1.165, 1.54) is 0 Å². The SMILES string of the molecule is O=C(O)CN[C@H]1CCCn2nc(C(=O)Nc3cccc(-c4cccc(NC(=O)c5cc6n(n5)CCC[C@@H]6NCCO)c4Cl)c3Cl)cc21. The van der Waals surface area contributed by atoms with Crippen LogP contribution in [-0.4, -0.2) is 67.3 Å². The van der Waals surface area contributed by atoms with Crippen molar-refractivity contribution in [1.82, 2.24) is 30.2 Å². The van der Waals surface area contributed by atoms with E-state index in [0.29, 0.717) is 42.1 Å². The van der Waals surface area contributed by atoms with E-state index >= 15 is 0 Å². The molecule has 47 heavy (non-hydrogen) atoms. The standard InChI is InChI=1S/C32H34Cl2N8O5/c33-29-18(5-1-7-22(29)37-31(46)24-15-26-20(35-11-14-43)9-3-12-41(26)39-24)19-6-2-8-23(30(19)34)38-32(47)25-16-27-21(36-17-28(44)45)10-4-13-42(27)40-25/h1-2,5-8,15-16,20-21,35-36,43H,3-4,9-14,17H2,(H,37,46)(H,38,47)(H,44,45)/t20-,21-/m0/s1. The molecule has 2 atom stereocenters. The molecule has 2 aliphatic heterocycles. The first-order valence-electron chi connectivity index (χ1n) is 15.4. The summed E-state index contributed by atoms with van der Waals surface area (Å²) in [6, 6.07) is 13.6. The number of amides is 2. The second kappa shape index (κ2) is 14.2. The second-order valence-electron chi connectivity index (χ2n) is 11.4. The molecule has 15 heteroatoms.